The van der Waals surface area contributed by atoms with Crippen molar-refractivity contribution in [1.29, 1.82) is 0 Å². The summed E-state index contributed by atoms with van der Waals surface area (Å²) < 4.78 is 0. The number of carbonyl (C=O) groups is 2. The van der Waals surface area contributed by atoms with Crippen molar-refractivity contribution < 1.29 is 19.8 Å². The van der Waals surface area contributed by atoms with Crippen LogP contribution in [-0.4, -0.2) is 28.3 Å². The third kappa shape index (κ3) is 9.81. The zero-order valence-corrected chi connectivity index (χ0v) is 10.4. The Bertz CT molecular complexity index is 231. The molecule has 0 bridgehead atoms. The van der Waals surface area contributed by atoms with Crippen LogP contribution in [0.3, 0.4) is 0 Å². The van der Waals surface area contributed by atoms with E-state index in [9.17, 15) is 9.59 Å². The van der Waals surface area contributed by atoms with E-state index in [0.29, 0.717) is 0 Å². The monoisotopic (exact) mass is 245 g/mol. The lowest BCUT2D eigenvalue weighted by Crippen LogP contribution is -2.40. The van der Waals surface area contributed by atoms with Crippen LogP contribution in [-0.2, 0) is 9.59 Å². The number of unbranched alkanes of at least 4 members (excludes halogenated alkanes) is 6. The summed E-state index contributed by atoms with van der Waals surface area (Å²) in [5.41, 5.74) is 0. The van der Waals surface area contributed by atoms with Gasteiger partial charge in [0.15, 0.2) is 0 Å². The molecule has 0 aliphatic carbocycles. The molecular weight excluding hydrogens is 222 g/mol. The molecule has 0 aliphatic rings. The molecule has 0 aromatic rings. The molecule has 0 aromatic heterocycles. The fraction of sp³-hybridized carbons (Fsp3) is 0.833. The van der Waals surface area contributed by atoms with Crippen LogP contribution in [0.5, 0.6) is 0 Å². The summed E-state index contributed by atoms with van der Waals surface area (Å²) in [6, 6.07) is 0. The molecule has 0 fully saturated rings. The van der Waals surface area contributed by atoms with E-state index >= 15 is 0 Å². The first kappa shape index (κ1) is 15.9. The van der Waals surface area contributed by atoms with E-state index in [-0.39, 0.29) is 6.42 Å². The maximum Gasteiger partial charge on any atom is 0.353 e. The minimum atomic E-state index is -1.79. The van der Waals surface area contributed by atoms with Crippen LogP contribution in [0.15, 0.2) is 0 Å². The number of aliphatic carboxylic acids is 1. The van der Waals surface area contributed by atoms with Gasteiger partial charge in [-0.3, -0.25) is 4.79 Å². The molecule has 0 rings (SSSR count). The average Bonchev–Trinajstić information content (AvgIpc) is 2.27. The number of rotatable bonds is 10. The van der Waals surface area contributed by atoms with Crippen molar-refractivity contribution in [3.05, 3.63) is 0 Å². The van der Waals surface area contributed by atoms with Gasteiger partial charge in [0, 0.05) is 6.42 Å². The van der Waals surface area contributed by atoms with Crippen LogP contribution >= 0.6 is 0 Å². The third-order valence-corrected chi connectivity index (χ3v) is 2.54. The van der Waals surface area contributed by atoms with E-state index < -0.39 is 18.1 Å². The lowest BCUT2D eigenvalue weighted by molar-refractivity contribution is -0.151. The second kappa shape index (κ2) is 10.1. The van der Waals surface area contributed by atoms with Crippen molar-refractivity contribution in [2.75, 3.05) is 0 Å². The average molecular weight is 245 g/mol. The van der Waals surface area contributed by atoms with Crippen LogP contribution < -0.4 is 5.32 Å². The maximum atomic E-state index is 11.2. The fourth-order valence-electron chi connectivity index (χ4n) is 1.53. The standard InChI is InChI=1S/C12H23NO4/c1-2-3-4-5-6-7-8-9-10(14)13-11(15)12(16)17/h11,15H,2-9H2,1H3,(H,13,14)(H,16,17)/t11-/m0/s1. The molecule has 0 aromatic carbocycles. The molecule has 5 nitrogen and oxygen atoms in total. The molecule has 5 heteroatoms. The Morgan fingerprint density at radius 3 is 2.12 bits per heavy atom. The molecule has 0 spiro atoms. The zero-order chi connectivity index (χ0) is 13.1. The molecule has 17 heavy (non-hydrogen) atoms. The Hall–Kier alpha value is -1.10. The van der Waals surface area contributed by atoms with E-state index in [1.807, 2.05) is 5.32 Å². The maximum absolute atomic E-state index is 11.2. The molecule has 0 radical (unpaired) electrons. The van der Waals surface area contributed by atoms with Gasteiger partial charge in [-0.15, -0.1) is 0 Å². The van der Waals surface area contributed by atoms with Crippen molar-refractivity contribution in [2.45, 2.75) is 64.5 Å². The first-order valence-electron chi connectivity index (χ1n) is 6.28. The van der Waals surface area contributed by atoms with Gasteiger partial charge in [0.1, 0.15) is 0 Å². The first-order chi connectivity index (χ1) is 8.07. The van der Waals surface area contributed by atoms with Crippen molar-refractivity contribution in [3.8, 4) is 0 Å². The highest BCUT2D eigenvalue weighted by Crippen LogP contribution is 2.08. The molecule has 100 valence electrons. The van der Waals surface area contributed by atoms with Gasteiger partial charge in [0.25, 0.3) is 0 Å². The summed E-state index contributed by atoms with van der Waals surface area (Å²) in [6.45, 7) is 2.16. The second-order valence-electron chi connectivity index (χ2n) is 4.18. The second-order valence-corrected chi connectivity index (χ2v) is 4.18. The minimum absolute atomic E-state index is 0.276. The number of hydrogen-bond donors (Lipinski definition) is 3. The van der Waals surface area contributed by atoms with Crippen molar-refractivity contribution in [3.63, 3.8) is 0 Å². The van der Waals surface area contributed by atoms with E-state index in [1.165, 1.54) is 25.7 Å². The molecule has 0 saturated carbocycles. The number of aliphatic hydroxyl groups excluding tert-OH is 1. The topological polar surface area (TPSA) is 86.6 Å². The van der Waals surface area contributed by atoms with E-state index in [1.54, 1.807) is 0 Å². The van der Waals surface area contributed by atoms with E-state index in [2.05, 4.69) is 6.92 Å². The van der Waals surface area contributed by atoms with E-state index in [4.69, 9.17) is 10.2 Å². The minimum Gasteiger partial charge on any atom is -0.478 e. The summed E-state index contributed by atoms with van der Waals surface area (Å²) in [6.07, 6.45) is 6.21. The Labute approximate surface area is 102 Å². The highest BCUT2D eigenvalue weighted by Gasteiger charge is 2.14. The number of aliphatic hydroxyl groups is 1. The number of nitrogens with one attached hydrogen (secondary N) is 1. The summed E-state index contributed by atoms with van der Waals surface area (Å²) >= 11 is 0. The number of carbonyl (C=O) groups excluding carboxylic acids is 1. The lowest BCUT2D eigenvalue weighted by Gasteiger charge is -2.07. The number of carboxylic acids is 1. The van der Waals surface area contributed by atoms with Gasteiger partial charge >= 0.3 is 5.97 Å². The van der Waals surface area contributed by atoms with Crippen LogP contribution in [0.4, 0.5) is 0 Å². The van der Waals surface area contributed by atoms with E-state index in [0.717, 1.165) is 19.3 Å². The highest BCUT2D eigenvalue weighted by atomic mass is 16.4. The van der Waals surface area contributed by atoms with Crippen molar-refractivity contribution in [1.82, 2.24) is 5.32 Å². The zero-order valence-electron chi connectivity index (χ0n) is 10.4. The first-order valence-corrected chi connectivity index (χ1v) is 6.28. The molecule has 0 aliphatic heterocycles. The molecule has 0 unspecified atom stereocenters. The molecular formula is C12H23NO4. The number of carboxylic acid groups (broad SMARTS) is 1. The van der Waals surface area contributed by atoms with Gasteiger partial charge in [0.2, 0.25) is 12.1 Å². The molecule has 3 N–H and O–H groups in total. The van der Waals surface area contributed by atoms with Gasteiger partial charge in [-0.1, -0.05) is 45.4 Å². The molecule has 0 saturated heterocycles. The van der Waals surface area contributed by atoms with Gasteiger partial charge in [-0.25, -0.2) is 4.79 Å². The van der Waals surface area contributed by atoms with Crippen molar-refractivity contribution >= 4 is 11.9 Å². The smallest absolute Gasteiger partial charge is 0.353 e. The Balaban J connectivity index is 3.36. The largest absolute Gasteiger partial charge is 0.478 e. The molecule has 1 atom stereocenters. The summed E-state index contributed by atoms with van der Waals surface area (Å²) in [7, 11) is 0. The Morgan fingerprint density at radius 2 is 1.59 bits per heavy atom. The van der Waals surface area contributed by atoms with Crippen LogP contribution in [0, 0.1) is 0 Å². The lowest BCUT2D eigenvalue weighted by atomic mass is 10.1. The predicted octanol–water partition coefficient (Wildman–Crippen LogP) is 1.65. The normalized spacial score (nSPS) is 12.1. The predicted molar refractivity (Wildman–Crippen MR) is 64.4 cm³/mol. The number of hydrogen-bond acceptors (Lipinski definition) is 3. The Morgan fingerprint density at radius 1 is 1.06 bits per heavy atom. The van der Waals surface area contributed by atoms with Gasteiger partial charge in [-0.2, -0.15) is 0 Å². The number of amides is 1. The van der Waals surface area contributed by atoms with Crippen LogP contribution in [0.25, 0.3) is 0 Å². The van der Waals surface area contributed by atoms with Crippen LogP contribution in [0.1, 0.15) is 58.3 Å². The third-order valence-electron chi connectivity index (χ3n) is 2.54. The SMILES string of the molecule is CCCCCCCCCC(=O)N[C@@H](O)C(=O)O. The Kier molecular flexibility index (Phi) is 9.43. The summed E-state index contributed by atoms with van der Waals surface area (Å²) in [5, 5.41) is 19.2. The summed E-state index contributed by atoms with van der Waals surface area (Å²) in [5.74, 6) is -1.84. The fourth-order valence-corrected chi connectivity index (χ4v) is 1.53. The quantitative estimate of drug-likeness (QED) is 0.403. The highest BCUT2D eigenvalue weighted by molar-refractivity contribution is 5.82. The van der Waals surface area contributed by atoms with Gasteiger partial charge < -0.3 is 15.5 Å². The van der Waals surface area contributed by atoms with Crippen LogP contribution in [0.2, 0.25) is 0 Å². The summed E-state index contributed by atoms with van der Waals surface area (Å²) in [4.78, 5) is 21.4. The molecule has 0 heterocycles. The van der Waals surface area contributed by atoms with Gasteiger partial charge in [0.05, 0.1) is 0 Å². The van der Waals surface area contributed by atoms with Gasteiger partial charge in [-0.05, 0) is 6.42 Å². The molecule has 1 amide bonds. The van der Waals surface area contributed by atoms with Crippen molar-refractivity contribution in [2.24, 2.45) is 0 Å².